The molecular weight excluding hydrogens is 392 g/mol. The van der Waals surface area contributed by atoms with Gasteiger partial charge in [0.25, 0.3) is 5.91 Å². The lowest BCUT2D eigenvalue weighted by Crippen LogP contribution is -2.14. The molecule has 4 nitrogen and oxygen atoms in total. The van der Waals surface area contributed by atoms with Crippen molar-refractivity contribution in [1.82, 2.24) is 4.98 Å². The Morgan fingerprint density at radius 1 is 1.07 bits per heavy atom. The number of anilines is 1. The number of nitrogens with zero attached hydrogens (tertiary/aromatic N) is 1. The number of nitrogens with one attached hydrogen (secondary N) is 1. The second-order valence-electron chi connectivity index (χ2n) is 7.72. The maximum atomic E-state index is 12.8. The first-order valence-corrected chi connectivity index (χ1v) is 10.8. The van der Waals surface area contributed by atoms with Gasteiger partial charge in [-0.3, -0.25) is 4.79 Å². The number of hydrogen-bond donors (Lipinski definition) is 1. The van der Waals surface area contributed by atoms with Gasteiger partial charge in [0.2, 0.25) is 0 Å². The Balaban J connectivity index is 1.50. The van der Waals surface area contributed by atoms with Gasteiger partial charge in [-0.1, -0.05) is 32.0 Å². The molecule has 1 N–H and O–H groups in total. The quantitative estimate of drug-likeness (QED) is 0.387. The highest BCUT2D eigenvalue weighted by molar-refractivity contribution is 7.21. The standard InChI is InChI=1S/C25H24N2O2S/c1-16(2)15-29-22-7-5-4-6-20(22)24(28)26-19-11-9-18(10-12-19)25-27-21-13-8-17(3)14-23(21)30-25/h4-14,16H,15H2,1-3H3,(H,26,28). The van der Waals surface area contributed by atoms with E-state index in [1.165, 1.54) is 10.3 Å². The van der Waals surface area contributed by atoms with Crippen LogP contribution >= 0.6 is 11.3 Å². The zero-order valence-corrected chi connectivity index (χ0v) is 18.1. The molecule has 30 heavy (non-hydrogen) atoms. The average molecular weight is 417 g/mol. The number of aryl methyl sites for hydroxylation is 1. The van der Waals surface area contributed by atoms with Crippen LogP contribution in [0.25, 0.3) is 20.8 Å². The van der Waals surface area contributed by atoms with E-state index in [1.807, 2.05) is 42.5 Å². The second-order valence-corrected chi connectivity index (χ2v) is 8.75. The molecule has 4 aromatic rings. The molecule has 3 aromatic carbocycles. The fourth-order valence-corrected chi connectivity index (χ4v) is 4.16. The second kappa shape index (κ2) is 8.67. The molecule has 0 radical (unpaired) electrons. The van der Waals surface area contributed by atoms with Gasteiger partial charge in [0.15, 0.2) is 0 Å². The SMILES string of the molecule is Cc1ccc2nc(-c3ccc(NC(=O)c4ccccc4OCC(C)C)cc3)sc2c1. The van der Waals surface area contributed by atoms with Crippen LogP contribution in [0.4, 0.5) is 5.69 Å². The van der Waals surface area contributed by atoms with Gasteiger partial charge in [0.05, 0.1) is 22.4 Å². The number of carbonyl (C=O) groups excluding carboxylic acids is 1. The van der Waals surface area contributed by atoms with Crippen molar-refractivity contribution < 1.29 is 9.53 Å². The van der Waals surface area contributed by atoms with Gasteiger partial charge in [0, 0.05) is 11.3 Å². The van der Waals surface area contributed by atoms with E-state index in [4.69, 9.17) is 9.72 Å². The molecule has 152 valence electrons. The summed E-state index contributed by atoms with van der Waals surface area (Å²) in [6.45, 7) is 6.82. The molecule has 0 saturated carbocycles. The van der Waals surface area contributed by atoms with Crippen LogP contribution in [0.2, 0.25) is 0 Å². The van der Waals surface area contributed by atoms with E-state index in [9.17, 15) is 4.79 Å². The largest absolute Gasteiger partial charge is 0.492 e. The fraction of sp³-hybridized carbons (Fsp3) is 0.200. The third-order valence-electron chi connectivity index (χ3n) is 4.64. The molecule has 0 aliphatic carbocycles. The van der Waals surface area contributed by atoms with Gasteiger partial charge in [0.1, 0.15) is 10.8 Å². The lowest BCUT2D eigenvalue weighted by molar-refractivity contribution is 0.102. The predicted molar refractivity (Wildman–Crippen MR) is 125 cm³/mol. The van der Waals surface area contributed by atoms with Crippen molar-refractivity contribution in [3.63, 3.8) is 0 Å². The Hall–Kier alpha value is -3.18. The molecule has 1 aromatic heterocycles. The molecule has 1 amide bonds. The predicted octanol–water partition coefficient (Wildman–Crippen LogP) is 6.56. The van der Waals surface area contributed by atoms with Crippen LogP contribution in [0, 0.1) is 12.8 Å². The number of para-hydroxylation sites is 1. The van der Waals surface area contributed by atoms with Gasteiger partial charge < -0.3 is 10.1 Å². The number of rotatable bonds is 6. The van der Waals surface area contributed by atoms with E-state index in [0.29, 0.717) is 23.8 Å². The molecule has 1 heterocycles. The monoisotopic (exact) mass is 416 g/mol. The normalized spacial score (nSPS) is 11.1. The Morgan fingerprint density at radius 3 is 2.60 bits per heavy atom. The molecule has 0 fully saturated rings. The van der Waals surface area contributed by atoms with E-state index in [-0.39, 0.29) is 5.91 Å². The van der Waals surface area contributed by atoms with Gasteiger partial charge in [-0.15, -0.1) is 11.3 Å². The van der Waals surface area contributed by atoms with Crippen LogP contribution in [-0.2, 0) is 0 Å². The molecule has 4 rings (SSSR count). The van der Waals surface area contributed by atoms with Crippen molar-refractivity contribution in [2.24, 2.45) is 5.92 Å². The van der Waals surface area contributed by atoms with E-state index in [2.05, 4.69) is 44.3 Å². The summed E-state index contributed by atoms with van der Waals surface area (Å²) in [5.41, 5.74) is 4.54. The zero-order chi connectivity index (χ0) is 21.1. The van der Waals surface area contributed by atoms with Crippen LogP contribution in [0.3, 0.4) is 0 Å². The van der Waals surface area contributed by atoms with Gasteiger partial charge in [-0.25, -0.2) is 4.98 Å². The molecule has 0 saturated heterocycles. The molecule has 5 heteroatoms. The molecule has 0 bridgehead atoms. The summed E-state index contributed by atoms with van der Waals surface area (Å²) in [4.78, 5) is 17.5. The third kappa shape index (κ3) is 4.52. The molecule has 0 aliphatic rings. The Labute approximate surface area is 180 Å². The molecular formula is C25H24N2O2S. The number of fused-ring (bicyclic) bond motifs is 1. The maximum absolute atomic E-state index is 12.8. The number of carbonyl (C=O) groups is 1. The minimum absolute atomic E-state index is 0.183. The summed E-state index contributed by atoms with van der Waals surface area (Å²) >= 11 is 1.68. The zero-order valence-electron chi connectivity index (χ0n) is 17.3. The van der Waals surface area contributed by atoms with Crippen LogP contribution in [-0.4, -0.2) is 17.5 Å². The summed E-state index contributed by atoms with van der Waals surface area (Å²) < 4.78 is 6.98. The fourth-order valence-electron chi connectivity index (χ4n) is 3.09. The smallest absolute Gasteiger partial charge is 0.259 e. The Bertz CT molecular complexity index is 1180. The Kier molecular flexibility index (Phi) is 5.81. The number of amides is 1. The van der Waals surface area contributed by atoms with Crippen molar-refractivity contribution in [3.8, 4) is 16.3 Å². The van der Waals surface area contributed by atoms with E-state index in [0.717, 1.165) is 21.8 Å². The Morgan fingerprint density at radius 2 is 1.83 bits per heavy atom. The van der Waals surface area contributed by atoms with E-state index < -0.39 is 0 Å². The van der Waals surface area contributed by atoms with E-state index >= 15 is 0 Å². The minimum atomic E-state index is -0.183. The van der Waals surface area contributed by atoms with Crippen LogP contribution in [0.5, 0.6) is 5.75 Å². The number of thiazole rings is 1. The lowest BCUT2D eigenvalue weighted by atomic mass is 10.1. The average Bonchev–Trinajstić information content (AvgIpc) is 3.16. The van der Waals surface area contributed by atoms with Crippen LogP contribution in [0.1, 0.15) is 29.8 Å². The van der Waals surface area contributed by atoms with Crippen molar-refractivity contribution in [2.45, 2.75) is 20.8 Å². The maximum Gasteiger partial charge on any atom is 0.259 e. The van der Waals surface area contributed by atoms with Crippen molar-refractivity contribution >= 4 is 33.1 Å². The third-order valence-corrected chi connectivity index (χ3v) is 5.70. The molecule has 0 aliphatic heterocycles. The summed E-state index contributed by atoms with van der Waals surface area (Å²) in [6.07, 6.45) is 0. The number of hydrogen-bond acceptors (Lipinski definition) is 4. The first kappa shape index (κ1) is 20.1. The molecule has 0 spiro atoms. The highest BCUT2D eigenvalue weighted by Gasteiger charge is 2.13. The number of aromatic nitrogens is 1. The van der Waals surface area contributed by atoms with Crippen LogP contribution in [0.15, 0.2) is 66.7 Å². The first-order valence-electron chi connectivity index (χ1n) is 10.0. The lowest BCUT2D eigenvalue weighted by Gasteiger charge is -2.13. The van der Waals surface area contributed by atoms with E-state index in [1.54, 1.807) is 17.4 Å². The molecule has 0 unspecified atom stereocenters. The summed E-state index contributed by atoms with van der Waals surface area (Å²) in [6, 6.07) is 21.4. The summed E-state index contributed by atoms with van der Waals surface area (Å²) in [5.74, 6) is 0.808. The van der Waals surface area contributed by atoms with Gasteiger partial charge in [-0.05, 0) is 66.9 Å². The number of benzene rings is 3. The minimum Gasteiger partial charge on any atom is -0.492 e. The van der Waals surface area contributed by atoms with Gasteiger partial charge >= 0.3 is 0 Å². The first-order chi connectivity index (χ1) is 14.5. The number of ether oxygens (including phenoxy) is 1. The summed E-state index contributed by atoms with van der Waals surface area (Å²) in [7, 11) is 0. The highest BCUT2D eigenvalue weighted by Crippen LogP contribution is 2.31. The summed E-state index contributed by atoms with van der Waals surface area (Å²) in [5, 5.41) is 3.94. The van der Waals surface area contributed by atoms with Crippen molar-refractivity contribution in [2.75, 3.05) is 11.9 Å². The van der Waals surface area contributed by atoms with Crippen molar-refractivity contribution in [3.05, 3.63) is 77.9 Å². The highest BCUT2D eigenvalue weighted by atomic mass is 32.1. The molecule has 0 atom stereocenters. The van der Waals surface area contributed by atoms with Gasteiger partial charge in [-0.2, -0.15) is 0 Å². The topological polar surface area (TPSA) is 51.2 Å². The van der Waals surface area contributed by atoms with Crippen LogP contribution < -0.4 is 10.1 Å². The van der Waals surface area contributed by atoms with Crippen molar-refractivity contribution in [1.29, 1.82) is 0 Å².